The molecule has 3 nitrogen and oxygen atoms in total. The second-order valence-electron chi connectivity index (χ2n) is 6.25. The maximum Gasteiger partial charge on any atom is 0.153 e. The van der Waals surface area contributed by atoms with E-state index >= 15 is 0 Å². The summed E-state index contributed by atoms with van der Waals surface area (Å²) in [4.78, 5) is 18.6. The second kappa shape index (κ2) is 5.91. The van der Waals surface area contributed by atoms with Crippen LogP contribution in [0.15, 0.2) is 42.5 Å². The highest BCUT2D eigenvalue weighted by Crippen LogP contribution is 2.30. The molecule has 0 spiro atoms. The number of carbonyl (C=O) groups is 1. The van der Waals surface area contributed by atoms with Gasteiger partial charge < -0.3 is 4.90 Å². The van der Waals surface area contributed by atoms with E-state index in [1.54, 1.807) is 0 Å². The molecule has 1 aromatic heterocycles. The summed E-state index contributed by atoms with van der Waals surface area (Å²) in [5, 5.41) is 1.57. The van der Waals surface area contributed by atoms with Gasteiger partial charge in [0.05, 0.1) is 11.1 Å². The molecule has 0 saturated carbocycles. The van der Waals surface area contributed by atoms with Crippen molar-refractivity contribution in [2.24, 2.45) is 0 Å². The van der Waals surface area contributed by atoms with E-state index in [9.17, 15) is 4.79 Å². The highest BCUT2D eigenvalue weighted by Gasteiger charge is 2.20. The number of pyridine rings is 1. The van der Waals surface area contributed by atoms with Crippen molar-refractivity contribution in [2.75, 3.05) is 11.4 Å². The summed E-state index contributed by atoms with van der Waals surface area (Å²) in [5.74, 6) is 0.762. The Labute approximate surface area is 145 Å². The van der Waals surface area contributed by atoms with Crippen molar-refractivity contribution in [1.82, 2.24) is 4.98 Å². The predicted molar refractivity (Wildman–Crippen MR) is 98.1 cm³/mol. The fourth-order valence-corrected chi connectivity index (χ4v) is 3.72. The molecule has 0 N–H and O–H groups in total. The maximum atomic E-state index is 11.6. The van der Waals surface area contributed by atoms with E-state index in [0.29, 0.717) is 10.6 Å². The van der Waals surface area contributed by atoms with Crippen molar-refractivity contribution < 1.29 is 4.79 Å². The van der Waals surface area contributed by atoms with Crippen molar-refractivity contribution in [3.8, 4) is 0 Å². The zero-order valence-corrected chi connectivity index (χ0v) is 14.2. The van der Waals surface area contributed by atoms with Crippen molar-refractivity contribution in [3.05, 3.63) is 69.7 Å². The van der Waals surface area contributed by atoms with Crippen molar-refractivity contribution in [1.29, 1.82) is 0 Å². The van der Waals surface area contributed by atoms with E-state index in [-0.39, 0.29) is 0 Å². The Bertz CT molecular complexity index is 952. The normalized spacial score (nSPS) is 13.8. The lowest BCUT2D eigenvalue weighted by Crippen LogP contribution is -2.31. The Morgan fingerprint density at radius 2 is 1.96 bits per heavy atom. The van der Waals surface area contributed by atoms with E-state index in [1.165, 1.54) is 11.1 Å². The quantitative estimate of drug-likeness (QED) is 0.643. The van der Waals surface area contributed by atoms with Crippen LogP contribution in [0.3, 0.4) is 0 Å². The van der Waals surface area contributed by atoms with Crippen molar-refractivity contribution >= 4 is 34.6 Å². The molecule has 1 aliphatic heterocycles. The monoisotopic (exact) mass is 336 g/mol. The smallest absolute Gasteiger partial charge is 0.153 e. The van der Waals surface area contributed by atoms with Crippen LogP contribution in [-0.4, -0.2) is 17.8 Å². The maximum absolute atomic E-state index is 11.6. The van der Waals surface area contributed by atoms with Crippen LogP contribution in [0.2, 0.25) is 5.02 Å². The largest absolute Gasteiger partial charge is 0.351 e. The van der Waals surface area contributed by atoms with Gasteiger partial charge >= 0.3 is 0 Å². The molecule has 2 heterocycles. The molecule has 2 aromatic carbocycles. The number of fused-ring (bicyclic) bond motifs is 2. The molecular formula is C20H17ClN2O. The van der Waals surface area contributed by atoms with E-state index < -0.39 is 0 Å². The van der Waals surface area contributed by atoms with Crippen LogP contribution in [0, 0.1) is 6.92 Å². The fourth-order valence-electron chi connectivity index (χ4n) is 3.44. The lowest BCUT2D eigenvalue weighted by molar-refractivity contribution is 0.112. The van der Waals surface area contributed by atoms with Crippen LogP contribution in [-0.2, 0) is 13.0 Å². The van der Waals surface area contributed by atoms with E-state index in [4.69, 9.17) is 16.6 Å². The van der Waals surface area contributed by atoms with Gasteiger partial charge in [-0.15, -0.1) is 0 Å². The summed E-state index contributed by atoms with van der Waals surface area (Å²) in [5.41, 5.74) is 5.22. The Balaban J connectivity index is 1.83. The Kier molecular flexibility index (Phi) is 3.73. The number of hydrogen-bond donors (Lipinski definition) is 0. The van der Waals surface area contributed by atoms with Gasteiger partial charge in [-0.2, -0.15) is 0 Å². The molecule has 0 atom stereocenters. The number of halogens is 1. The number of hydrogen-bond acceptors (Lipinski definition) is 3. The average Bonchev–Trinajstić information content (AvgIpc) is 2.60. The Morgan fingerprint density at radius 3 is 2.75 bits per heavy atom. The number of aldehydes is 1. The highest BCUT2D eigenvalue weighted by atomic mass is 35.5. The van der Waals surface area contributed by atoms with Crippen LogP contribution < -0.4 is 4.90 Å². The topological polar surface area (TPSA) is 33.2 Å². The average molecular weight is 337 g/mol. The molecule has 4 heteroatoms. The first-order valence-corrected chi connectivity index (χ1v) is 8.41. The molecule has 3 aromatic rings. The van der Waals surface area contributed by atoms with E-state index in [1.807, 2.05) is 25.1 Å². The van der Waals surface area contributed by atoms with Gasteiger partial charge in [0.1, 0.15) is 5.82 Å². The van der Waals surface area contributed by atoms with Gasteiger partial charge in [-0.05, 0) is 48.2 Å². The second-order valence-corrected chi connectivity index (χ2v) is 6.69. The predicted octanol–water partition coefficient (Wildman–Crippen LogP) is 4.57. The molecule has 0 aliphatic carbocycles. The van der Waals surface area contributed by atoms with Crippen LogP contribution >= 0.6 is 11.6 Å². The summed E-state index contributed by atoms with van der Waals surface area (Å²) < 4.78 is 0. The van der Waals surface area contributed by atoms with E-state index in [0.717, 1.165) is 48.1 Å². The zero-order valence-electron chi connectivity index (χ0n) is 13.4. The third kappa shape index (κ3) is 2.55. The summed E-state index contributed by atoms with van der Waals surface area (Å²) in [6, 6.07) is 14.1. The molecule has 120 valence electrons. The Morgan fingerprint density at radius 1 is 1.17 bits per heavy atom. The number of carbonyl (C=O) groups excluding carboxylic acids is 1. The number of aromatic nitrogens is 1. The molecule has 24 heavy (non-hydrogen) atoms. The number of anilines is 1. The van der Waals surface area contributed by atoms with Gasteiger partial charge in [0, 0.05) is 23.5 Å². The number of nitrogens with zero attached hydrogens (tertiary/aromatic N) is 2. The minimum Gasteiger partial charge on any atom is -0.351 e. The van der Waals surface area contributed by atoms with E-state index in [2.05, 4.69) is 29.2 Å². The van der Waals surface area contributed by atoms with Crippen LogP contribution in [0.25, 0.3) is 10.9 Å². The fraction of sp³-hybridized carbons (Fsp3) is 0.200. The minimum absolute atomic E-state index is 0.614. The third-order valence-electron chi connectivity index (χ3n) is 4.64. The number of aryl methyl sites for hydroxylation is 1. The number of rotatable bonds is 2. The summed E-state index contributed by atoms with van der Waals surface area (Å²) in [7, 11) is 0. The van der Waals surface area contributed by atoms with Gasteiger partial charge in [0.15, 0.2) is 6.29 Å². The lowest BCUT2D eigenvalue weighted by Gasteiger charge is -2.30. The van der Waals surface area contributed by atoms with Crippen LogP contribution in [0.5, 0.6) is 0 Å². The van der Waals surface area contributed by atoms with Crippen LogP contribution in [0.1, 0.15) is 27.0 Å². The molecule has 1 aliphatic rings. The molecule has 4 rings (SSSR count). The first-order chi connectivity index (χ1) is 11.7. The standard InChI is InChI=1S/C20H17ClN2O/c1-13-8-18(21)10-16-9-17(12-24)20(22-19(13)16)23-7-6-14-4-2-3-5-15(14)11-23/h2-5,8-10,12H,6-7,11H2,1H3. The van der Waals surface area contributed by atoms with Crippen LogP contribution in [0.4, 0.5) is 5.82 Å². The van der Waals surface area contributed by atoms with Gasteiger partial charge in [-0.1, -0.05) is 35.9 Å². The summed E-state index contributed by atoms with van der Waals surface area (Å²) in [6.45, 7) is 3.64. The molecule has 0 unspecified atom stereocenters. The first kappa shape index (κ1) is 15.2. The summed E-state index contributed by atoms with van der Waals surface area (Å²) in [6.07, 6.45) is 1.85. The third-order valence-corrected chi connectivity index (χ3v) is 4.86. The van der Waals surface area contributed by atoms with Crippen molar-refractivity contribution in [2.45, 2.75) is 19.9 Å². The van der Waals surface area contributed by atoms with Gasteiger partial charge in [-0.25, -0.2) is 4.98 Å². The first-order valence-electron chi connectivity index (χ1n) is 8.03. The molecule has 0 bridgehead atoms. The van der Waals surface area contributed by atoms with Gasteiger partial charge in [0.25, 0.3) is 0 Å². The summed E-state index contributed by atoms with van der Waals surface area (Å²) >= 11 is 6.14. The zero-order chi connectivity index (χ0) is 16.7. The van der Waals surface area contributed by atoms with Gasteiger partial charge in [-0.3, -0.25) is 4.79 Å². The Hall–Kier alpha value is -2.39. The molecule has 0 amide bonds. The highest BCUT2D eigenvalue weighted by molar-refractivity contribution is 6.31. The molecular weight excluding hydrogens is 320 g/mol. The minimum atomic E-state index is 0.614. The lowest BCUT2D eigenvalue weighted by atomic mass is 9.99. The SMILES string of the molecule is Cc1cc(Cl)cc2cc(C=O)c(N3CCc4ccccc4C3)nc12. The number of benzene rings is 2. The molecule has 0 radical (unpaired) electrons. The molecule has 0 fully saturated rings. The molecule has 0 saturated heterocycles. The van der Waals surface area contributed by atoms with Gasteiger partial charge in [0.2, 0.25) is 0 Å². The van der Waals surface area contributed by atoms with Crippen molar-refractivity contribution in [3.63, 3.8) is 0 Å².